The van der Waals surface area contributed by atoms with Crippen molar-refractivity contribution in [3.8, 4) is 5.75 Å². The number of aromatic hydroxyl groups is 1. The highest BCUT2D eigenvalue weighted by atomic mass is 16.3. The monoisotopic (exact) mass is 506 g/mol. The number of phenolic OH excluding ortho intramolecular Hbond substituents is 1. The highest BCUT2D eigenvalue weighted by Gasteiger charge is 2.58. The van der Waals surface area contributed by atoms with Crippen LogP contribution in [0.1, 0.15) is 142 Å². The number of allylic oxidation sites excluding steroid dienone is 1. The summed E-state index contributed by atoms with van der Waals surface area (Å²) in [5.41, 5.74) is 5.61. The number of hydrogen-bond acceptors (Lipinski definition) is 2. The van der Waals surface area contributed by atoms with Crippen molar-refractivity contribution >= 4 is 0 Å². The molecular formula is C35H54O2. The van der Waals surface area contributed by atoms with Crippen LogP contribution in [-0.2, 0) is 5.41 Å². The van der Waals surface area contributed by atoms with E-state index < -0.39 is 5.60 Å². The van der Waals surface area contributed by atoms with Crippen LogP contribution >= 0.6 is 0 Å². The maximum atomic E-state index is 11.2. The summed E-state index contributed by atoms with van der Waals surface area (Å²) in [4.78, 5) is 0. The van der Waals surface area contributed by atoms with Crippen molar-refractivity contribution in [3.05, 3.63) is 41.0 Å². The van der Waals surface area contributed by atoms with E-state index in [-0.39, 0.29) is 10.8 Å². The molecule has 4 aliphatic carbocycles. The van der Waals surface area contributed by atoms with Crippen LogP contribution in [0.4, 0.5) is 0 Å². The summed E-state index contributed by atoms with van der Waals surface area (Å²) in [5.74, 6) is 3.45. The van der Waals surface area contributed by atoms with Gasteiger partial charge in [0.15, 0.2) is 0 Å². The van der Waals surface area contributed by atoms with Gasteiger partial charge < -0.3 is 10.2 Å². The predicted molar refractivity (Wildman–Crippen MR) is 155 cm³/mol. The van der Waals surface area contributed by atoms with E-state index in [1.165, 1.54) is 49.7 Å². The number of aliphatic hydroxyl groups is 1. The molecule has 4 aliphatic rings. The molecule has 0 heterocycles. The van der Waals surface area contributed by atoms with Crippen LogP contribution in [-0.4, -0.2) is 15.8 Å². The zero-order valence-corrected chi connectivity index (χ0v) is 25.1. The molecule has 3 saturated carbocycles. The Kier molecular flexibility index (Phi) is 6.54. The predicted octanol–water partition coefficient (Wildman–Crippen LogP) is 9.25. The first-order valence-corrected chi connectivity index (χ1v) is 15.4. The average Bonchev–Trinajstić information content (AvgIpc) is 2.78. The Bertz CT molecular complexity index is 1060. The normalized spacial score (nSPS) is 39.6. The zero-order valence-electron chi connectivity index (χ0n) is 25.1. The molecular weight excluding hydrogens is 452 g/mol. The van der Waals surface area contributed by atoms with Crippen LogP contribution in [0, 0.1) is 34.5 Å². The van der Waals surface area contributed by atoms with Gasteiger partial charge in [-0.2, -0.15) is 0 Å². The van der Waals surface area contributed by atoms with Gasteiger partial charge in [0.25, 0.3) is 0 Å². The topological polar surface area (TPSA) is 40.5 Å². The summed E-state index contributed by atoms with van der Waals surface area (Å²) in [6, 6.07) is 4.64. The molecule has 0 spiro atoms. The standard InChI is InChI=1S/C35H54O2/c1-21(2)24-18-25-26(19-31-32(4,5)14-10-15-35(31,9)29(25)20-30(24)36)27-12-11-22(3)28-17-23(33(6,7)37)13-16-34(27,28)8/h18,20-21,23,26-28,31,36-37H,3,10-17,19H2,1-2,4-9H3/t23-,26+,27+,28+,31+,34+,35-/m1/s1. The average molecular weight is 507 g/mol. The van der Waals surface area contributed by atoms with Crippen LogP contribution in [0.25, 0.3) is 0 Å². The van der Waals surface area contributed by atoms with E-state index in [1.807, 2.05) is 13.8 Å². The first-order valence-electron chi connectivity index (χ1n) is 15.4. The second kappa shape index (κ2) is 8.87. The van der Waals surface area contributed by atoms with Crippen molar-refractivity contribution in [2.75, 3.05) is 0 Å². The summed E-state index contributed by atoms with van der Waals surface area (Å²) < 4.78 is 0. The van der Waals surface area contributed by atoms with Crippen LogP contribution in [0.2, 0.25) is 0 Å². The van der Waals surface area contributed by atoms with Gasteiger partial charge in [-0.1, -0.05) is 66.2 Å². The van der Waals surface area contributed by atoms with Gasteiger partial charge in [-0.25, -0.2) is 0 Å². The molecule has 0 amide bonds. The van der Waals surface area contributed by atoms with E-state index in [4.69, 9.17) is 0 Å². The highest BCUT2D eigenvalue weighted by Crippen LogP contribution is 2.67. The molecule has 0 bridgehead atoms. The van der Waals surface area contributed by atoms with E-state index in [9.17, 15) is 10.2 Å². The van der Waals surface area contributed by atoms with E-state index in [0.717, 1.165) is 24.8 Å². The van der Waals surface area contributed by atoms with Crippen LogP contribution in [0.15, 0.2) is 24.3 Å². The lowest BCUT2D eigenvalue weighted by atomic mass is 9.43. The molecule has 2 nitrogen and oxygen atoms in total. The Labute approximate surface area is 227 Å². The zero-order chi connectivity index (χ0) is 27.1. The third kappa shape index (κ3) is 4.23. The molecule has 206 valence electrons. The van der Waals surface area contributed by atoms with Gasteiger partial charge in [-0.05, 0) is 140 Å². The van der Waals surface area contributed by atoms with Gasteiger partial charge in [-0.15, -0.1) is 0 Å². The number of hydrogen-bond donors (Lipinski definition) is 2. The third-order valence-electron chi connectivity index (χ3n) is 12.5. The largest absolute Gasteiger partial charge is 0.508 e. The molecule has 0 radical (unpaired) electrons. The fourth-order valence-corrected chi connectivity index (χ4v) is 10.2. The fraction of sp³-hybridized carbons (Fsp3) is 0.771. The van der Waals surface area contributed by atoms with Crippen LogP contribution < -0.4 is 0 Å². The Morgan fingerprint density at radius 2 is 1.70 bits per heavy atom. The first-order chi connectivity index (χ1) is 17.1. The molecule has 3 fully saturated rings. The van der Waals surface area contributed by atoms with Crippen LogP contribution in [0.5, 0.6) is 5.75 Å². The first kappa shape index (κ1) is 27.3. The Hall–Kier alpha value is -1.28. The molecule has 1 aromatic carbocycles. The summed E-state index contributed by atoms with van der Waals surface area (Å²) in [6.45, 7) is 23.2. The molecule has 5 rings (SSSR count). The molecule has 2 N–H and O–H groups in total. The van der Waals surface area contributed by atoms with E-state index in [2.05, 4.69) is 60.3 Å². The molecule has 1 aromatic rings. The highest BCUT2D eigenvalue weighted by molar-refractivity contribution is 5.51. The van der Waals surface area contributed by atoms with Crippen molar-refractivity contribution < 1.29 is 10.2 Å². The van der Waals surface area contributed by atoms with E-state index in [0.29, 0.717) is 46.7 Å². The fourth-order valence-electron chi connectivity index (χ4n) is 10.2. The minimum atomic E-state index is -0.621. The summed E-state index contributed by atoms with van der Waals surface area (Å²) in [5, 5.41) is 22.1. The molecule has 0 aromatic heterocycles. The number of rotatable bonds is 3. The molecule has 0 saturated heterocycles. The molecule has 37 heavy (non-hydrogen) atoms. The smallest absolute Gasteiger partial charge is 0.119 e. The van der Waals surface area contributed by atoms with Gasteiger partial charge >= 0.3 is 0 Å². The van der Waals surface area contributed by atoms with Gasteiger partial charge in [0.05, 0.1) is 5.60 Å². The summed E-state index contributed by atoms with van der Waals surface area (Å²) >= 11 is 0. The van der Waals surface area contributed by atoms with Crippen molar-refractivity contribution in [3.63, 3.8) is 0 Å². The number of benzene rings is 1. The molecule has 0 unspecified atom stereocenters. The van der Waals surface area contributed by atoms with Gasteiger partial charge in [0.1, 0.15) is 5.75 Å². The van der Waals surface area contributed by atoms with Gasteiger partial charge in [-0.3, -0.25) is 0 Å². The number of phenols is 1. The Balaban J connectivity index is 1.63. The lowest BCUT2D eigenvalue weighted by Crippen LogP contribution is -2.53. The van der Waals surface area contributed by atoms with Crippen molar-refractivity contribution in [1.82, 2.24) is 0 Å². The van der Waals surface area contributed by atoms with Crippen molar-refractivity contribution in [1.29, 1.82) is 0 Å². The molecule has 0 aliphatic heterocycles. The van der Waals surface area contributed by atoms with Crippen molar-refractivity contribution in [2.24, 2.45) is 34.5 Å². The maximum Gasteiger partial charge on any atom is 0.119 e. The third-order valence-corrected chi connectivity index (χ3v) is 12.5. The van der Waals surface area contributed by atoms with Gasteiger partial charge in [0.2, 0.25) is 0 Å². The number of fused-ring (bicyclic) bond motifs is 4. The quantitative estimate of drug-likeness (QED) is 0.401. The Morgan fingerprint density at radius 1 is 1.00 bits per heavy atom. The minimum absolute atomic E-state index is 0.137. The second-order valence-corrected chi connectivity index (χ2v) is 15.8. The lowest BCUT2D eigenvalue weighted by Gasteiger charge is -2.61. The summed E-state index contributed by atoms with van der Waals surface area (Å²) in [6.07, 6.45) is 10.8. The van der Waals surface area contributed by atoms with Crippen molar-refractivity contribution in [2.45, 2.75) is 136 Å². The Morgan fingerprint density at radius 3 is 2.35 bits per heavy atom. The van der Waals surface area contributed by atoms with E-state index >= 15 is 0 Å². The van der Waals surface area contributed by atoms with Gasteiger partial charge in [0, 0.05) is 0 Å². The van der Waals surface area contributed by atoms with E-state index in [1.54, 1.807) is 5.56 Å². The lowest BCUT2D eigenvalue weighted by molar-refractivity contribution is -0.0715. The molecule has 7 atom stereocenters. The summed E-state index contributed by atoms with van der Waals surface area (Å²) in [7, 11) is 0. The maximum absolute atomic E-state index is 11.2. The second-order valence-electron chi connectivity index (χ2n) is 15.8. The minimum Gasteiger partial charge on any atom is -0.508 e. The SMILES string of the molecule is C=C1CC[C@@H]([C@H]2C[C@H]3C(C)(C)CCC[C@]3(C)c3cc(O)c(C(C)C)cc32)[C@]2(C)CC[C@@H](C(C)(C)O)C[C@@H]12. The van der Waals surface area contributed by atoms with Crippen LogP contribution in [0.3, 0.4) is 0 Å². The molecule has 2 heteroatoms.